The van der Waals surface area contributed by atoms with E-state index in [1.165, 1.54) is 20.4 Å². The maximum absolute atomic E-state index is 12.1. The second-order valence-electron chi connectivity index (χ2n) is 4.41. The fourth-order valence-electron chi connectivity index (χ4n) is 1.79. The Hall–Kier alpha value is -2.43. The summed E-state index contributed by atoms with van der Waals surface area (Å²) in [7, 11) is 3.03. The van der Waals surface area contributed by atoms with Crippen LogP contribution >= 0.6 is 0 Å². The predicted octanol–water partition coefficient (Wildman–Crippen LogP) is 2.84. The van der Waals surface area contributed by atoms with Crippen LogP contribution < -0.4 is 9.47 Å². The first-order valence-corrected chi connectivity index (χ1v) is 6.44. The summed E-state index contributed by atoms with van der Waals surface area (Å²) in [5.41, 5.74) is 0.981. The number of carbonyl (C=O) groups excluding carboxylic acids is 2. The molecule has 0 aliphatic carbocycles. The average Bonchev–Trinajstić information content (AvgIpc) is 2.51. The molecule has 0 heterocycles. The summed E-state index contributed by atoms with van der Waals surface area (Å²) in [5.74, 6) is 0.808. The number of ketones is 2. The third-order valence-electron chi connectivity index (χ3n) is 3.01. The molecule has 0 aliphatic heterocycles. The lowest BCUT2D eigenvalue weighted by molar-refractivity contribution is -0.115. The van der Waals surface area contributed by atoms with Gasteiger partial charge in [-0.15, -0.1) is 0 Å². The number of ether oxygens (including phenoxy) is 2. The van der Waals surface area contributed by atoms with Gasteiger partial charge in [-0.05, 0) is 31.8 Å². The summed E-state index contributed by atoms with van der Waals surface area (Å²) in [5, 5.41) is 0. The van der Waals surface area contributed by atoms with E-state index in [9.17, 15) is 9.59 Å². The second-order valence-corrected chi connectivity index (χ2v) is 4.41. The molecule has 5 nitrogen and oxygen atoms in total. The highest BCUT2D eigenvalue weighted by molar-refractivity contribution is 6.01. The van der Waals surface area contributed by atoms with Crippen LogP contribution in [0.25, 0.3) is 0 Å². The molecule has 5 heteroatoms. The molecular weight excluding hydrogens is 270 g/mol. The van der Waals surface area contributed by atoms with Crippen LogP contribution in [0.15, 0.2) is 35.0 Å². The highest BCUT2D eigenvalue weighted by Crippen LogP contribution is 2.28. The number of aliphatic imine (C=N–C) groups is 1. The summed E-state index contributed by atoms with van der Waals surface area (Å²) in [6.45, 7) is 4.94. The Balaban J connectivity index is 2.74. The topological polar surface area (TPSA) is 65.0 Å². The molecule has 0 radical (unpaired) electrons. The zero-order valence-electron chi connectivity index (χ0n) is 12.5. The van der Waals surface area contributed by atoms with Gasteiger partial charge < -0.3 is 9.47 Å². The summed E-state index contributed by atoms with van der Waals surface area (Å²) in [4.78, 5) is 27.4. The van der Waals surface area contributed by atoms with E-state index in [-0.39, 0.29) is 24.4 Å². The van der Waals surface area contributed by atoms with Gasteiger partial charge in [0.1, 0.15) is 0 Å². The first-order valence-electron chi connectivity index (χ1n) is 6.44. The third-order valence-corrected chi connectivity index (χ3v) is 3.01. The van der Waals surface area contributed by atoms with Crippen LogP contribution in [0, 0.1) is 0 Å². The van der Waals surface area contributed by atoms with Crippen molar-refractivity contribution in [3.05, 3.63) is 35.5 Å². The van der Waals surface area contributed by atoms with Crippen molar-refractivity contribution in [1.29, 1.82) is 0 Å². The van der Waals surface area contributed by atoms with E-state index in [1.807, 2.05) is 0 Å². The Labute approximate surface area is 124 Å². The van der Waals surface area contributed by atoms with Crippen LogP contribution in [0.5, 0.6) is 11.5 Å². The number of methoxy groups -OCH3 is 2. The van der Waals surface area contributed by atoms with Gasteiger partial charge in [-0.3, -0.25) is 14.6 Å². The van der Waals surface area contributed by atoms with Crippen molar-refractivity contribution < 1.29 is 19.1 Å². The Morgan fingerprint density at radius 1 is 1.19 bits per heavy atom. The molecule has 0 N–H and O–H groups in total. The number of nitrogens with zero attached hydrogens (tertiary/aromatic N) is 1. The Bertz CT molecular complexity index is 576. The Morgan fingerprint density at radius 3 is 2.43 bits per heavy atom. The lowest BCUT2D eigenvalue weighted by atomic mass is 10.0. The highest BCUT2D eigenvalue weighted by Gasteiger charge is 2.13. The molecule has 0 saturated heterocycles. The number of hydrogen-bond acceptors (Lipinski definition) is 5. The number of hydrogen-bond donors (Lipinski definition) is 0. The van der Waals surface area contributed by atoms with Gasteiger partial charge in [0.05, 0.1) is 14.2 Å². The molecule has 112 valence electrons. The van der Waals surface area contributed by atoms with Crippen molar-refractivity contribution in [3.63, 3.8) is 0 Å². The molecule has 0 atom stereocenters. The minimum atomic E-state index is -0.122. The maximum Gasteiger partial charge on any atom is 0.163 e. The van der Waals surface area contributed by atoms with Crippen molar-refractivity contribution in [2.45, 2.75) is 19.8 Å². The molecule has 0 unspecified atom stereocenters. The van der Waals surface area contributed by atoms with Crippen LogP contribution in [0.2, 0.25) is 0 Å². The van der Waals surface area contributed by atoms with Crippen LogP contribution in [0.3, 0.4) is 0 Å². The molecule has 0 fully saturated rings. The minimum absolute atomic E-state index is 0.115. The number of Topliss-reactive ketones (excluding diaryl/α,β-unsaturated/α-hetero) is 2. The summed E-state index contributed by atoms with van der Waals surface area (Å²) < 4.78 is 10.3. The average molecular weight is 289 g/mol. The lowest BCUT2D eigenvalue weighted by Gasteiger charge is -2.09. The van der Waals surface area contributed by atoms with E-state index in [0.29, 0.717) is 22.6 Å². The van der Waals surface area contributed by atoms with Crippen molar-refractivity contribution in [2.24, 2.45) is 4.99 Å². The van der Waals surface area contributed by atoms with Gasteiger partial charge in [-0.2, -0.15) is 0 Å². The maximum atomic E-state index is 12.1. The fraction of sp³-hybridized carbons (Fsp3) is 0.312. The molecule has 0 amide bonds. The molecule has 1 aromatic rings. The number of allylic oxidation sites excluding steroid dienone is 1. The van der Waals surface area contributed by atoms with E-state index in [4.69, 9.17) is 9.47 Å². The summed E-state index contributed by atoms with van der Waals surface area (Å²) in [6, 6.07) is 4.93. The number of benzene rings is 1. The van der Waals surface area contributed by atoms with Crippen LogP contribution in [-0.4, -0.2) is 32.5 Å². The van der Waals surface area contributed by atoms with E-state index >= 15 is 0 Å². The van der Waals surface area contributed by atoms with Gasteiger partial charge in [0.25, 0.3) is 0 Å². The first-order chi connectivity index (χ1) is 10.0. The smallest absolute Gasteiger partial charge is 0.163 e. The Kier molecular flexibility index (Phi) is 6.33. The van der Waals surface area contributed by atoms with E-state index in [2.05, 4.69) is 11.7 Å². The van der Waals surface area contributed by atoms with E-state index in [0.717, 1.165) is 0 Å². The lowest BCUT2D eigenvalue weighted by Crippen LogP contribution is -2.06. The monoisotopic (exact) mass is 289 g/mol. The largest absolute Gasteiger partial charge is 0.493 e. The Morgan fingerprint density at radius 2 is 1.86 bits per heavy atom. The fourth-order valence-corrected chi connectivity index (χ4v) is 1.79. The summed E-state index contributed by atoms with van der Waals surface area (Å²) >= 11 is 0. The normalized spacial score (nSPS) is 10.9. The zero-order valence-corrected chi connectivity index (χ0v) is 12.5. The van der Waals surface area contributed by atoms with E-state index < -0.39 is 0 Å². The van der Waals surface area contributed by atoms with Gasteiger partial charge in [-0.25, -0.2) is 0 Å². The SMILES string of the molecule is C=NC=C(C)C(=O)CCC(=O)c1ccc(OC)c(OC)c1. The van der Waals surface area contributed by atoms with Gasteiger partial charge in [0, 0.05) is 30.2 Å². The molecule has 0 spiro atoms. The standard InChI is InChI=1S/C16H19NO4/c1-11(10-17-2)13(18)6-7-14(19)12-5-8-15(20-3)16(9-12)21-4/h5,8-10H,2,6-7H2,1,3-4H3. The highest BCUT2D eigenvalue weighted by atomic mass is 16.5. The van der Waals surface area contributed by atoms with Crippen LogP contribution in [0.4, 0.5) is 0 Å². The summed E-state index contributed by atoms with van der Waals surface area (Å²) in [6.07, 6.45) is 1.67. The molecule has 0 aromatic heterocycles. The minimum Gasteiger partial charge on any atom is -0.493 e. The zero-order chi connectivity index (χ0) is 15.8. The van der Waals surface area contributed by atoms with Gasteiger partial charge in [-0.1, -0.05) is 0 Å². The number of carbonyl (C=O) groups is 2. The molecule has 1 aromatic carbocycles. The molecule has 1 rings (SSSR count). The predicted molar refractivity (Wildman–Crippen MR) is 81.4 cm³/mol. The second kappa shape index (κ2) is 7.99. The molecule has 0 saturated carbocycles. The van der Waals surface area contributed by atoms with Crippen molar-refractivity contribution in [1.82, 2.24) is 0 Å². The van der Waals surface area contributed by atoms with Crippen LogP contribution in [0.1, 0.15) is 30.1 Å². The van der Waals surface area contributed by atoms with Crippen molar-refractivity contribution in [2.75, 3.05) is 14.2 Å². The van der Waals surface area contributed by atoms with E-state index in [1.54, 1.807) is 25.1 Å². The quantitative estimate of drug-likeness (QED) is 0.419. The molecule has 0 aliphatic rings. The van der Waals surface area contributed by atoms with Crippen molar-refractivity contribution in [3.8, 4) is 11.5 Å². The molecule has 21 heavy (non-hydrogen) atoms. The van der Waals surface area contributed by atoms with Gasteiger partial charge in [0.15, 0.2) is 23.1 Å². The third kappa shape index (κ3) is 4.56. The van der Waals surface area contributed by atoms with Gasteiger partial charge >= 0.3 is 0 Å². The molecule has 0 bridgehead atoms. The van der Waals surface area contributed by atoms with Crippen LogP contribution in [-0.2, 0) is 4.79 Å². The van der Waals surface area contributed by atoms with Crippen molar-refractivity contribution >= 4 is 18.3 Å². The first kappa shape index (κ1) is 16.6. The number of rotatable bonds is 8. The van der Waals surface area contributed by atoms with Gasteiger partial charge in [0.2, 0.25) is 0 Å². The molecular formula is C16H19NO4.